The van der Waals surface area contributed by atoms with Gasteiger partial charge in [0.25, 0.3) is 0 Å². The normalized spacial score (nSPS) is 10.5. The molecule has 0 heterocycles. The summed E-state index contributed by atoms with van der Waals surface area (Å²) in [6, 6.07) is 0. The van der Waals surface area contributed by atoms with Crippen molar-refractivity contribution >= 4 is 5.97 Å². The lowest BCUT2D eigenvalue weighted by molar-refractivity contribution is -0.907. The van der Waals surface area contributed by atoms with Gasteiger partial charge in [-0.2, -0.15) is 0 Å². The molecule has 0 aromatic heterocycles. The predicted octanol–water partition coefficient (Wildman–Crippen LogP) is -0.666. The first-order valence-corrected chi connectivity index (χ1v) is 5.53. The van der Waals surface area contributed by atoms with E-state index in [1.54, 1.807) is 6.92 Å². The maximum atomic E-state index is 11.2. The second-order valence-corrected chi connectivity index (χ2v) is 4.71. The van der Waals surface area contributed by atoms with Crippen molar-refractivity contribution in [3.63, 3.8) is 0 Å². The van der Waals surface area contributed by atoms with E-state index in [1.165, 1.54) is 19.3 Å². The maximum Gasteiger partial charge on any atom is 0.337 e. The van der Waals surface area contributed by atoms with E-state index in [1.807, 2.05) is 0 Å². The summed E-state index contributed by atoms with van der Waals surface area (Å²) in [6.45, 7) is 8.86. The lowest BCUT2D eigenvalue weighted by atomic mass is 10.2. The minimum absolute atomic E-state index is 0. The van der Waals surface area contributed by atoms with E-state index in [-0.39, 0.29) is 18.4 Å². The third-order valence-corrected chi connectivity index (χ3v) is 2.26. The molecule has 0 aliphatic heterocycles. The Hall–Kier alpha value is -0.540. The second kappa shape index (κ2) is 8.59. The fraction of sp³-hybridized carbons (Fsp3) is 0.750. The highest BCUT2D eigenvalue weighted by Gasteiger charge is 2.16. The zero-order valence-electron chi connectivity index (χ0n) is 10.9. The molecule has 0 aromatic carbocycles. The van der Waals surface area contributed by atoms with E-state index in [9.17, 15) is 4.79 Å². The molecule has 16 heavy (non-hydrogen) atoms. The van der Waals surface area contributed by atoms with Crippen LogP contribution in [0.15, 0.2) is 12.2 Å². The van der Waals surface area contributed by atoms with E-state index < -0.39 is 0 Å². The molecule has 0 unspecified atom stereocenters. The number of ether oxygens (including phenoxy) is 1. The SMILES string of the molecule is C=C(C)C(=O)OC[N+](C)(C)CCCCC.[Cl-]. The molecule has 3 nitrogen and oxygen atoms in total. The van der Waals surface area contributed by atoms with Gasteiger partial charge in [-0.1, -0.05) is 19.9 Å². The van der Waals surface area contributed by atoms with Crippen molar-refractivity contribution in [1.29, 1.82) is 0 Å². The van der Waals surface area contributed by atoms with E-state index in [0.29, 0.717) is 12.3 Å². The Bertz CT molecular complexity index is 227. The van der Waals surface area contributed by atoms with Gasteiger partial charge in [0.2, 0.25) is 6.73 Å². The first kappa shape index (κ1) is 17.8. The molecule has 0 bridgehead atoms. The fourth-order valence-electron chi connectivity index (χ4n) is 1.21. The number of esters is 1. The molecule has 0 aliphatic rings. The van der Waals surface area contributed by atoms with Gasteiger partial charge >= 0.3 is 5.97 Å². The average Bonchev–Trinajstić information content (AvgIpc) is 2.14. The Morgan fingerprint density at radius 3 is 2.31 bits per heavy atom. The number of carbonyl (C=O) groups excluding carboxylic acids is 1. The van der Waals surface area contributed by atoms with Crippen molar-refractivity contribution in [2.45, 2.75) is 33.1 Å². The summed E-state index contributed by atoms with van der Waals surface area (Å²) in [6.07, 6.45) is 3.62. The van der Waals surface area contributed by atoms with Gasteiger partial charge < -0.3 is 17.1 Å². The van der Waals surface area contributed by atoms with Crippen LogP contribution in [0.1, 0.15) is 33.1 Å². The fourth-order valence-corrected chi connectivity index (χ4v) is 1.21. The van der Waals surface area contributed by atoms with Gasteiger partial charge in [-0.25, -0.2) is 4.79 Å². The Kier molecular flexibility index (Phi) is 9.58. The van der Waals surface area contributed by atoms with Gasteiger partial charge in [0, 0.05) is 5.57 Å². The van der Waals surface area contributed by atoms with Crippen LogP contribution < -0.4 is 12.4 Å². The van der Waals surface area contributed by atoms with E-state index >= 15 is 0 Å². The minimum Gasteiger partial charge on any atom is -1.00 e. The number of unbranched alkanes of at least 4 members (excludes halogenated alkanes) is 2. The third-order valence-electron chi connectivity index (χ3n) is 2.26. The number of rotatable bonds is 7. The Morgan fingerprint density at radius 2 is 1.88 bits per heavy atom. The smallest absolute Gasteiger partial charge is 0.337 e. The van der Waals surface area contributed by atoms with Crippen LogP contribution in [-0.4, -0.2) is 37.8 Å². The van der Waals surface area contributed by atoms with Gasteiger partial charge in [0.05, 0.1) is 20.6 Å². The molecular weight excluding hydrogens is 226 g/mol. The summed E-state index contributed by atoms with van der Waals surface area (Å²) >= 11 is 0. The van der Waals surface area contributed by atoms with Crippen LogP contribution in [0.25, 0.3) is 0 Å². The number of halogens is 1. The van der Waals surface area contributed by atoms with Crippen LogP contribution in [0.5, 0.6) is 0 Å². The molecular formula is C12H24ClNO2. The Labute approximate surface area is 105 Å². The molecule has 0 atom stereocenters. The molecule has 0 rings (SSSR count). The molecule has 0 fully saturated rings. The highest BCUT2D eigenvalue weighted by atomic mass is 35.5. The van der Waals surface area contributed by atoms with Crippen molar-refractivity contribution < 1.29 is 26.4 Å². The van der Waals surface area contributed by atoms with Crippen molar-refractivity contribution in [3.05, 3.63) is 12.2 Å². The predicted molar refractivity (Wildman–Crippen MR) is 62.3 cm³/mol. The molecule has 0 N–H and O–H groups in total. The van der Waals surface area contributed by atoms with Crippen LogP contribution in [0, 0.1) is 0 Å². The van der Waals surface area contributed by atoms with Gasteiger partial charge in [-0.05, 0) is 19.8 Å². The highest BCUT2D eigenvalue weighted by molar-refractivity contribution is 5.86. The zero-order valence-corrected chi connectivity index (χ0v) is 11.6. The van der Waals surface area contributed by atoms with Gasteiger partial charge in [0.15, 0.2) is 0 Å². The molecule has 0 saturated heterocycles. The Morgan fingerprint density at radius 1 is 1.31 bits per heavy atom. The topological polar surface area (TPSA) is 26.3 Å². The molecule has 96 valence electrons. The number of carbonyl (C=O) groups is 1. The van der Waals surface area contributed by atoms with Crippen LogP contribution in [0.2, 0.25) is 0 Å². The number of hydrogen-bond acceptors (Lipinski definition) is 2. The largest absolute Gasteiger partial charge is 1.00 e. The molecule has 0 amide bonds. The van der Waals surface area contributed by atoms with Crippen molar-refractivity contribution in [1.82, 2.24) is 0 Å². The number of quaternary nitrogens is 1. The first-order valence-electron chi connectivity index (χ1n) is 5.53. The molecule has 0 spiro atoms. The van der Waals surface area contributed by atoms with Gasteiger partial charge in [0.1, 0.15) is 0 Å². The van der Waals surface area contributed by atoms with Crippen LogP contribution >= 0.6 is 0 Å². The molecule has 0 aromatic rings. The van der Waals surface area contributed by atoms with Crippen LogP contribution in [-0.2, 0) is 9.53 Å². The van der Waals surface area contributed by atoms with Gasteiger partial charge in [-0.3, -0.25) is 4.48 Å². The minimum atomic E-state index is -0.295. The summed E-state index contributed by atoms with van der Waals surface area (Å²) in [5, 5.41) is 0. The highest BCUT2D eigenvalue weighted by Crippen LogP contribution is 2.05. The monoisotopic (exact) mass is 249 g/mol. The van der Waals surface area contributed by atoms with E-state index in [4.69, 9.17) is 4.74 Å². The first-order chi connectivity index (χ1) is 6.89. The van der Waals surface area contributed by atoms with E-state index in [2.05, 4.69) is 27.6 Å². The van der Waals surface area contributed by atoms with E-state index in [0.717, 1.165) is 11.0 Å². The molecule has 0 aliphatic carbocycles. The maximum absolute atomic E-state index is 11.2. The third kappa shape index (κ3) is 8.74. The van der Waals surface area contributed by atoms with Crippen molar-refractivity contribution in [2.75, 3.05) is 27.4 Å². The quantitative estimate of drug-likeness (QED) is 0.197. The van der Waals surface area contributed by atoms with Crippen molar-refractivity contribution in [3.8, 4) is 0 Å². The summed E-state index contributed by atoms with van der Waals surface area (Å²) in [4.78, 5) is 11.2. The lowest BCUT2D eigenvalue weighted by Crippen LogP contribution is -3.00. The standard InChI is InChI=1S/C12H24NO2.ClH/c1-6-7-8-9-13(4,5)10-15-12(14)11(2)3;/h2,6-10H2,1,3-5H3;1H/q+1;/p-1. The van der Waals surface area contributed by atoms with Crippen LogP contribution in [0.4, 0.5) is 0 Å². The Balaban J connectivity index is 0. The summed E-state index contributed by atoms with van der Waals surface area (Å²) < 4.78 is 5.85. The lowest BCUT2D eigenvalue weighted by Gasteiger charge is -2.28. The number of hydrogen-bond donors (Lipinski definition) is 0. The number of nitrogens with zero attached hydrogens (tertiary/aromatic N) is 1. The second-order valence-electron chi connectivity index (χ2n) is 4.71. The average molecular weight is 250 g/mol. The summed E-state index contributed by atoms with van der Waals surface area (Å²) in [5.41, 5.74) is 0.462. The molecule has 0 saturated carbocycles. The van der Waals surface area contributed by atoms with Gasteiger partial charge in [-0.15, -0.1) is 0 Å². The van der Waals surface area contributed by atoms with Crippen LogP contribution in [0.3, 0.4) is 0 Å². The molecule has 0 radical (unpaired) electrons. The molecule has 4 heteroatoms. The zero-order chi connectivity index (χ0) is 11.9. The van der Waals surface area contributed by atoms with Crippen molar-refractivity contribution in [2.24, 2.45) is 0 Å². The summed E-state index contributed by atoms with van der Waals surface area (Å²) in [7, 11) is 4.14. The summed E-state index contributed by atoms with van der Waals surface area (Å²) in [5.74, 6) is -0.295.